The van der Waals surface area contributed by atoms with E-state index in [0.717, 1.165) is 17.6 Å². The van der Waals surface area contributed by atoms with Crippen LogP contribution in [0.1, 0.15) is 75.2 Å². The number of hydrogen-bond donors (Lipinski definition) is 0. The molecule has 0 aromatic carbocycles. The van der Waals surface area contributed by atoms with E-state index in [9.17, 15) is 4.79 Å². The average molecular weight is 469 g/mol. The van der Waals surface area contributed by atoms with Crippen molar-refractivity contribution in [1.29, 1.82) is 0 Å². The first-order valence-corrected chi connectivity index (χ1v) is 17.4. The molecule has 0 bridgehead atoms. The molecule has 1 aliphatic carbocycles. The van der Waals surface area contributed by atoms with Crippen molar-refractivity contribution in [1.82, 2.24) is 0 Å². The van der Waals surface area contributed by atoms with Crippen molar-refractivity contribution in [3.63, 3.8) is 0 Å². The van der Waals surface area contributed by atoms with Gasteiger partial charge in [0.15, 0.2) is 16.6 Å². The van der Waals surface area contributed by atoms with E-state index in [1.54, 1.807) is 6.08 Å². The maximum Gasteiger partial charge on any atom is 0.331 e. The van der Waals surface area contributed by atoms with E-state index in [2.05, 4.69) is 74.3 Å². The molecule has 0 aromatic rings. The van der Waals surface area contributed by atoms with Crippen molar-refractivity contribution >= 4 is 22.6 Å². The number of ether oxygens (including phenoxy) is 1. The molecule has 0 amide bonds. The summed E-state index contributed by atoms with van der Waals surface area (Å²) in [6.07, 6.45) is 2.93. The lowest BCUT2D eigenvalue weighted by Crippen LogP contribution is -2.49. The molecule has 1 rings (SSSR count). The molecule has 0 spiro atoms. The van der Waals surface area contributed by atoms with E-state index in [-0.39, 0.29) is 28.3 Å². The standard InChI is InChI=1S/C25H48O4Si2/c1-18-19(16-22(26)27-23(2,3)4)15-20(28-30(11,12)24(5,6)7)17-21(18)29-31(13,14)25(8,9)10/h16,20-21H,1,15,17H2,2-14H3/b19-16-/t20-,21+/m1/s1. The van der Waals surface area contributed by atoms with E-state index >= 15 is 0 Å². The summed E-state index contributed by atoms with van der Waals surface area (Å²) in [6.45, 7) is 32.5. The van der Waals surface area contributed by atoms with Crippen LogP contribution >= 0.6 is 0 Å². The van der Waals surface area contributed by atoms with Crippen LogP contribution in [0.3, 0.4) is 0 Å². The van der Waals surface area contributed by atoms with E-state index in [4.69, 9.17) is 13.6 Å². The zero-order valence-corrected chi connectivity index (χ0v) is 24.5. The topological polar surface area (TPSA) is 44.8 Å². The first-order chi connectivity index (χ1) is 13.6. The van der Waals surface area contributed by atoms with E-state index in [0.29, 0.717) is 6.42 Å². The fraction of sp³-hybridized carbons (Fsp3) is 0.800. The summed E-state index contributed by atoms with van der Waals surface area (Å²) in [5.41, 5.74) is 1.26. The minimum Gasteiger partial charge on any atom is -0.457 e. The van der Waals surface area contributed by atoms with Gasteiger partial charge in [-0.15, -0.1) is 0 Å². The van der Waals surface area contributed by atoms with Crippen LogP contribution in [0.4, 0.5) is 0 Å². The predicted octanol–water partition coefficient (Wildman–Crippen LogP) is 7.39. The Morgan fingerprint density at radius 2 is 1.35 bits per heavy atom. The fourth-order valence-electron chi connectivity index (χ4n) is 3.01. The highest BCUT2D eigenvalue weighted by atomic mass is 28.4. The second kappa shape index (κ2) is 9.28. The van der Waals surface area contributed by atoms with Crippen LogP contribution in [0.25, 0.3) is 0 Å². The summed E-state index contributed by atoms with van der Waals surface area (Å²) in [5.74, 6) is -0.331. The molecule has 31 heavy (non-hydrogen) atoms. The Bertz CT molecular complexity index is 701. The maximum atomic E-state index is 12.6. The van der Waals surface area contributed by atoms with Gasteiger partial charge in [-0.2, -0.15) is 0 Å². The summed E-state index contributed by atoms with van der Waals surface area (Å²) >= 11 is 0. The molecule has 1 aliphatic rings. The first-order valence-electron chi connectivity index (χ1n) is 11.5. The van der Waals surface area contributed by atoms with Gasteiger partial charge in [0, 0.05) is 12.5 Å². The van der Waals surface area contributed by atoms with Gasteiger partial charge in [0.2, 0.25) is 0 Å². The Kier molecular flexibility index (Phi) is 8.48. The van der Waals surface area contributed by atoms with E-state index < -0.39 is 22.2 Å². The molecule has 4 nitrogen and oxygen atoms in total. The van der Waals surface area contributed by atoms with Crippen molar-refractivity contribution < 1.29 is 18.4 Å². The fourth-order valence-corrected chi connectivity index (χ4v) is 5.68. The zero-order chi connectivity index (χ0) is 24.6. The summed E-state index contributed by atoms with van der Waals surface area (Å²) in [6, 6.07) is 0. The third-order valence-corrected chi connectivity index (χ3v) is 16.0. The normalized spacial score (nSPS) is 23.3. The molecule has 0 N–H and O–H groups in total. The van der Waals surface area contributed by atoms with Crippen molar-refractivity contribution in [2.24, 2.45) is 0 Å². The van der Waals surface area contributed by atoms with Gasteiger partial charge < -0.3 is 13.6 Å². The molecule has 6 heteroatoms. The first kappa shape index (κ1) is 28.3. The number of esters is 1. The summed E-state index contributed by atoms with van der Waals surface area (Å²) in [7, 11) is -3.98. The molecule has 180 valence electrons. The van der Waals surface area contributed by atoms with Crippen molar-refractivity contribution in [2.45, 2.75) is 129 Å². The van der Waals surface area contributed by atoms with Gasteiger partial charge in [-0.25, -0.2) is 4.79 Å². The van der Waals surface area contributed by atoms with Crippen LogP contribution in [-0.4, -0.2) is 40.4 Å². The van der Waals surface area contributed by atoms with Gasteiger partial charge >= 0.3 is 5.97 Å². The van der Waals surface area contributed by atoms with Crippen molar-refractivity contribution in [2.75, 3.05) is 0 Å². The Labute approximate surface area is 194 Å². The number of carbonyl (C=O) groups excluding carboxylic acids is 1. The zero-order valence-electron chi connectivity index (χ0n) is 22.5. The lowest BCUT2D eigenvalue weighted by atomic mass is 9.86. The molecule has 0 saturated heterocycles. The van der Waals surface area contributed by atoms with Gasteiger partial charge in [0.25, 0.3) is 0 Å². The van der Waals surface area contributed by atoms with E-state index in [1.165, 1.54) is 0 Å². The van der Waals surface area contributed by atoms with Gasteiger partial charge in [-0.1, -0.05) is 48.1 Å². The van der Waals surface area contributed by atoms with Gasteiger partial charge in [0.1, 0.15) is 5.60 Å². The number of carbonyl (C=O) groups is 1. The Morgan fingerprint density at radius 1 is 0.903 bits per heavy atom. The summed E-state index contributed by atoms with van der Waals surface area (Å²) < 4.78 is 19.1. The van der Waals surface area contributed by atoms with Crippen molar-refractivity contribution in [3.8, 4) is 0 Å². The molecule has 0 aromatic heterocycles. The molecule has 0 unspecified atom stereocenters. The number of hydrogen-bond acceptors (Lipinski definition) is 4. The molecule has 1 saturated carbocycles. The SMILES string of the molecule is C=C1/C(=C\C(=O)OC(C)(C)C)C[C@@H](O[Si](C)(C)C(C)(C)C)C[C@@H]1O[Si](C)(C)C(C)(C)C. The van der Waals surface area contributed by atoms with E-state index in [1.807, 2.05) is 20.8 Å². The second-order valence-electron chi connectivity index (χ2n) is 13.0. The minimum absolute atomic E-state index is 0.00912. The summed E-state index contributed by atoms with van der Waals surface area (Å²) in [5, 5.41) is 0.210. The lowest BCUT2D eigenvalue weighted by molar-refractivity contribution is -0.148. The third-order valence-electron chi connectivity index (χ3n) is 6.94. The highest BCUT2D eigenvalue weighted by Crippen LogP contribution is 2.44. The minimum atomic E-state index is -2.02. The Hall–Kier alpha value is -0.696. The molecular formula is C25H48O4Si2. The average Bonchev–Trinajstić information content (AvgIpc) is 2.46. The smallest absolute Gasteiger partial charge is 0.331 e. The Morgan fingerprint density at radius 3 is 1.77 bits per heavy atom. The molecule has 2 atom stereocenters. The van der Waals surface area contributed by atoms with Crippen LogP contribution in [-0.2, 0) is 18.4 Å². The molecule has 0 aliphatic heterocycles. The van der Waals surface area contributed by atoms with Crippen LogP contribution in [0.5, 0.6) is 0 Å². The van der Waals surface area contributed by atoms with Crippen LogP contribution in [0.15, 0.2) is 23.8 Å². The van der Waals surface area contributed by atoms with Crippen LogP contribution in [0, 0.1) is 0 Å². The maximum absolute atomic E-state index is 12.6. The van der Waals surface area contributed by atoms with Crippen LogP contribution < -0.4 is 0 Å². The lowest BCUT2D eigenvalue weighted by Gasteiger charge is -2.45. The van der Waals surface area contributed by atoms with Crippen LogP contribution in [0.2, 0.25) is 36.3 Å². The molecule has 1 fully saturated rings. The second-order valence-corrected chi connectivity index (χ2v) is 22.5. The van der Waals surface area contributed by atoms with Crippen molar-refractivity contribution in [3.05, 3.63) is 23.8 Å². The molecule has 0 heterocycles. The number of rotatable bonds is 5. The molecule has 0 radical (unpaired) electrons. The quantitative estimate of drug-likeness (QED) is 0.240. The third kappa shape index (κ3) is 7.99. The van der Waals surface area contributed by atoms with Gasteiger partial charge in [0.05, 0.1) is 12.2 Å². The van der Waals surface area contributed by atoms with Gasteiger partial charge in [-0.3, -0.25) is 0 Å². The highest BCUT2D eigenvalue weighted by Gasteiger charge is 2.44. The molecular weight excluding hydrogens is 420 g/mol. The van der Waals surface area contributed by atoms with Gasteiger partial charge in [-0.05, 0) is 74.6 Å². The summed E-state index contributed by atoms with van der Waals surface area (Å²) in [4.78, 5) is 12.6. The predicted molar refractivity (Wildman–Crippen MR) is 136 cm³/mol. The monoisotopic (exact) mass is 468 g/mol. The largest absolute Gasteiger partial charge is 0.457 e. The Balaban J connectivity index is 3.26. The highest BCUT2D eigenvalue weighted by molar-refractivity contribution is 6.74.